The molecule has 0 aromatic heterocycles. The molecular weight excluding hydrogens is 407 g/mol. The van der Waals surface area contributed by atoms with Gasteiger partial charge in [-0.2, -0.15) is 0 Å². The van der Waals surface area contributed by atoms with E-state index in [4.69, 9.17) is 0 Å². The van der Waals surface area contributed by atoms with Crippen LogP contribution in [0.15, 0.2) is 35.2 Å². The van der Waals surface area contributed by atoms with Crippen LogP contribution in [0.3, 0.4) is 0 Å². The second-order valence-corrected chi connectivity index (χ2v) is 9.21. The van der Waals surface area contributed by atoms with E-state index in [0.29, 0.717) is 17.4 Å². The molecule has 0 atom stereocenters. The standard InChI is InChI=1S/C24H36O3S.K/c1-3-5-7-9-11-13-20-15-18-23-22(19-20)17-16-21(24(23)28(25,26)27)14-12-10-8-6-4-2;/h15-19H,3-14H2,1-2H3,(H,25,26,27);/q;+1/p-1. The maximum absolute atomic E-state index is 12.0. The Morgan fingerprint density at radius 3 is 1.93 bits per heavy atom. The zero-order valence-electron chi connectivity index (χ0n) is 18.5. The first-order valence-electron chi connectivity index (χ1n) is 11.0. The Hall–Kier alpha value is 0.246. The molecule has 0 heterocycles. The van der Waals surface area contributed by atoms with E-state index in [1.165, 1.54) is 44.1 Å². The van der Waals surface area contributed by atoms with E-state index in [1.54, 1.807) is 0 Å². The Bertz CT molecular complexity index is 847. The summed E-state index contributed by atoms with van der Waals surface area (Å²) in [4.78, 5) is -0.00464. The molecule has 0 spiro atoms. The van der Waals surface area contributed by atoms with Crippen molar-refractivity contribution in [3.05, 3.63) is 41.5 Å². The summed E-state index contributed by atoms with van der Waals surface area (Å²) < 4.78 is 36.0. The molecule has 0 saturated heterocycles. The Kier molecular flexibility index (Phi) is 13.5. The minimum absolute atomic E-state index is 0. The number of hydrogen-bond donors (Lipinski definition) is 0. The first-order chi connectivity index (χ1) is 13.5. The van der Waals surface area contributed by atoms with E-state index >= 15 is 0 Å². The third kappa shape index (κ3) is 9.10. The van der Waals surface area contributed by atoms with Gasteiger partial charge in [0, 0.05) is 0 Å². The normalized spacial score (nSPS) is 11.6. The summed E-state index contributed by atoms with van der Waals surface area (Å²) in [5, 5.41) is 1.44. The molecule has 0 aliphatic carbocycles. The van der Waals surface area contributed by atoms with E-state index < -0.39 is 10.1 Å². The summed E-state index contributed by atoms with van der Waals surface area (Å²) >= 11 is 0. The molecule has 156 valence electrons. The van der Waals surface area contributed by atoms with E-state index in [0.717, 1.165) is 37.5 Å². The molecule has 5 heteroatoms. The van der Waals surface area contributed by atoms with Crippen LogP contribution in [0.4, 0.5) is 0 Å². The molecule has 2 rings (SSSR count). The number of unbranched alkanes of at least 4 members (excludes halogenated alkanes) is 8. The predicted octanol–water partition coefficient (Wildman–Crippen LogP) is 3.77. The Morgan fingerprint density at radius 2 is 1.34 bits per heavy atom. The smallest absolute Gasteiger partial charge is 0.744 e. The fourth-order valence-corrected chi connectivity index (χ4v) is 4.84. The van der Waals surface area contributed by atoms with E-state index in [-0.39, 0.29) is 56.3 Å². The monoisotopic (exact) mass is 442 g/mol. The van der Waals surface area contributed by atoms with Gasteiger partial charge in [-0.1, -0.05) is 95.5 Å². The van der Waals surface area contributed by atoms with Gasteiger partial charge in [0.1, 0.15) is 10.1 Å². The van der Waals surface area contributed by atoms with Crippen molar-refractivity contribution in [2.75, 3.05) is 0 Å². The molecule has 0 bridgehead atoms. The van der Waals surface area contributed by atoms with Crippen molar-refractivity contribution in [1.82, 2.24) is 0 Å². The number of rotatable bonds is 13. The molecule has 3 nitrogen and oxygen atoms in total. The number of hydrogen-bond acceptors (Lipinski definition) is 3. The largest absolute Gasteiger partial charge is 1.00 e. The summed E-state index contributed by atoms with van der Waals surface area (Å²) in [6.45, 7) is 4.38. The van der Waals surface area contributed by atoms with Gasteiger partial charge in [-0.05, 0) is 47.6 Å². The molecule has 0 aliphatic rings. The Labute approximate surface area is 220 Å². The van der Waals surface area contributed by atoms with Crippen molar-refractivity contribution in [2.24, 2.45) is 0 Å². The van der Waals surface area contributed by atoms with Gasteiger partial charge in [0.15, 0.2) is 0 Å². The topological polar surface area (TPSA) is 57.2 Å². The molecule has 29 heavy (non-hydrogen) atoms. The van der Waals surface area contributed by atoms with Crippen LogP contribution in [0, 0.1) is 0 Å². The minimum Gasteiger partial charge on any atom is -0.744 e. The van der Waals surface area contributed by atoms with Crippen molar-refractivity contribution in [2.45, 2.75) is 95.8 Å². The van der Waals surface area contributed by atoms with Crippen LogP contribution >= 0.6 is 0 Å². The Balaban J connectivity index is 0.00000420. The Morgan fingerprint density at radius 1 is 0.759 bits per heavy atom. The van der Waals surface area contributed by atoms with Crippen LogP contribution in [0.5, 0.6) is 0 Å². The number of aryl methyl sites for hydroxylation is 2. The van der Waals surface area contributed by atoms with Gasteiger partial charge in [0.25, 0.3) is 0 Å². The summed E-state index contributed by atoms with van der Waals surface area (Å²) in [5.74, 6) is 0. The molecule has 2 aromatic rings. The average Bonchev–Trinajstić information content (AvgIpc) is 2.66. The zero-order valence-corrected chi connectivity index (χ0v) is 22.4. The van der Waals surface area contributed by atoms with Crippen molar-refractivity contribution in [1.29, 1.82) is 0 Å². The van der Waals surface area contributed by atoms with Crippen LogP contribution in [-0.4, -0.2) is 13.0 Å². The second-order valence-electron chi connectivity index (χ2n) is 7.89. The maximum Gasteiger partial charge on any atom is 1.00 e. The van der Waals surface area contributed by atoms with Crippen LogP contribution < -0.4 is 51.4 Å². The SMILES string of the molecule is CCCCCCCc1ccc2c(S(=O)(=O)[O-])c(CCCCCCC)ccc2c1.[K+]. The number of fused-ring (bicyclic) bond motifs is 1. The first-order valence-corrected chi connectivity index (χ1v) is 12.4. The maximum atomic E-state index is 12.0. The molecule has 0 N–H and O–H groups in total. The zero-order chi connectivity index (χ0) is 20.4. The second kappa shape index (κ2) is 14.3. The van der Waals surface area contributed by atoms with Crippen molar-refractivity contribution >= 4 is 20.9 Å². The van der Waals surface area contributed by atoms with Gasteiger partial charge in [0.05, 0.1) is 4.90 Å². The van der Waals surface area contributed by atoms with Gasteiger partial charge < -0.3 is 4.55 Å². The third-order valence-corrected chi connectivity index (χ3v) is 6.47. The first kappa shape index (κ1) is 27.3. The fourth-order valence-electron chi connectivity index (χ4n) is 3.90. The van der Waals surface area contributed by atoms with Crippen molar-refractivity contribution in [3.63, 3.8) is 0 Å². The fraction of sp³-hybridized carbons (Fsp3) is 0.583. The molecule has 0 aliphatic heterocycles. The summed E-state index contributed by atoms with van der Waals surface area (Å²) in [6.07, 6.45) is 13.3. The van der Waals surface area contributed by atoms with Gasteiger partial charge in [-0.3, -0.25) is 0 Å². The molecule has 0 fully saturated rings. The van der Waals surface area contributed by atoms with Gasteiger partial charge in [-0.15, -0.1) is 0 Å². The molecule has 0 amide bonds. The van der Waals surface area contributed by atoms with Crippen LogP contribution in [-0.2, 0) is 23.0 Å². The summed E-state index contributed by atoms with van der Waals surface area (Å²) in [6, 6.07) is 9.70. The molecule has 0 saturated carbocycles. The summed E-state index contributed by atoms with van der Waals surface area (Å²) in [5.41, 5.74) is 1.89. The van der Waals surface area contributed by atoms with Gasteiger partial charge in [0.2, 0.25) is 0 Å². The van der Waals surface area contributed by atoms with Crippen LogP contribution in [0.2, 0.25) is 0 Å². The van der Waals surface area contributed by atoms with Crippen molar-refractivity contribution in [3.8, 4) is 0 Å². The third-order valence-electron chi connectivity index (χ3n) is 5.49. The van der Waals surface area contributed by atoms with E-state index in [2.05, 4.69) is 19.9 Å². The molecular formula is C24H35KO3S. The minimum atomic E-state index is -4.50. The predicted molar refractivity (Wildman–Crippen MR) is 117 cm³/mol. The molecule has 2 aromatic carbocycles. The molecule has 0 radical (unpaired) electrons. The van der Waals surface area contributed by atoms with Crippen molar-refractivity contribution < 1.29 is 64.4 Å². The van der Waals surface area contributed by atoms with Crippen LogP contribution in [0.1, 0.15) is 89.2 Å². The van der Waals surface area contributed by atoms with E-state index in [9.17, 15) is 13.0 Å². The average molecular weight is 443 g/mol. The van der Waals surface area contributed by atoms with Gasteiger partial charge >= 0.3 is 51.4 Å². The van der Waals surface area contributed by atoms with Gasteiger partial charge in [-0.25, -0.2) is 8.42 Å². The quantitative estimate of drug-likeness (QED) is 0.269. The number of benzene rings is 2. The van der Waals surface area contributed by atoms with Crippen LogP contribution in [0.25, 0.3) is 10.8 Å². The molecule has 0 unspecified atom stereocenters. The van der Waals surface area contributed by atoms with E-state index in [1.807, 2.05) is 24.3 Å². The summed E-state index contributed by atoms with van der Waals surface area (Å²) in [7, 11) is -4.50.